The van der Waals surface area contributed by atoms with Gasteiger partial charge in [-0.25, -0.2) is 4.39 Å². The molecule has 1 N–H and O–H groups in total. The van der Waals surface area contributed by atoms with Crippen LogP contribution in [0.25, 0.3) is 10.1 Å². The fourth-order valence-corrected chi connectivity index (χ4v) is 2.45. The van der Waals surface area contributed by atoms with Crippen molar-refractivity contribution in [1.82, 2.24) is 5.32 Å². The minimum Gasteiger partial charge on any atom is -0.351 e. The molecule has 0 spiro atoms. The first-order chi connectivity index (χ1) is 7.72. The maximum atomic E-state index is 13.4. The van der Waals surface area contributed by atoms with E-state index in [2.05, 4.69) is 5.32 Å². The van der Waals surface area contributed by atoms with Crippen LogP contribution in [0.15, 0.2) is 24.3 Å². The Balaban J connectivity index is 2.32. The number of hydrogen-bond acceptors (Lipinski definition) is 2. The Morgan fingerprint density at radius 3 is 3.00 bits per heavy atom. The molecule has 0 fully saturated rings. The maximum absolute atomic E-state index is 13.4. The minimum absolute atomic E-state index is 0.123. The van der Waals surface area contributed by atoms with Gasteiger partial charge in [0.1, 0.15) is 5.82 Å². The first-order valence-corrected chi connectivity index (χ1v) is 6.00. The highest BCUT2D eigenvalue weighted by Gasteiger charge is 2.11. The van der Waals surface area contributed by atoms with Crippen molar-refractivity contribution in [2.24, 2.45) is 0 Å². The fourth-order valence-electron chi connectivity index (χ4n) is 1.46. The van der Waals surface area contributed by atoms with Gasteiger partial charge in [-0.05, 0) is 24.6 Å². The number of carbonyl (C=O) groups excluding carboxylic acids is 1. The van der Waals surface area contributed by atoms with E-state index >= 15 is 0 Å². The lowest BCUT2D eigenvalue weighted by atomic mass is 10.2. The smallest absolute Gasteiger partial charge is 0.261 e. The molecule has 16 heavy (non-hydrogen) atoms. The molecule has 0 bridgehead atoms. The molecule has 1 heterocycles. The van der Waals surface area contributed by atoms with Crippen LogP contribution in [0.5, 0.6) is 0 Å². The Kier molecular flexibility index (Phi) is 3.19. The molecule has 2 aromatic rings. The van der Waals surface area contributed by atoms with Gasteiger partial charge < -0.3 is 5.32 Å². The van der Waals surface area contributed by atoms with Gasteiger partial charge in [0.2, 0.25) is 0 Å². The van der Waals surface area contributed by atoms with Crippen molar-refractivity contribution in [2.45, 2.75) is 13.3 Å². The standard InChI is InChI=1S/C12H12FNOS/c1-2-6-14-12(15)11-7-8-9(13)4-3-5-10(8)16-11/h3-5,7H,2,6H2,1H3,(H,14,15). The molecule has 2 nitrogen and oxygen atoms in total. The minimum atomic E-state index is -0.275. The van der Waals surface area contributed by atoms with Gasteiger partial charge in [-0.15, -0.1) is 11.3 Å². The molecule has 0 atom stereocenters. The summed E-state index contributed by atoms with van der Waals surface area (Å²) in [5.74, 6) is -0.397. The molecular weight excluding hydrogens is 225 g/mol. The van der Waals surface area contributed by atoms with Gasteiger partial charge in [-0.2, -0.15) is 0 Å². The third-order valence-electron chi connectivity index (χ3n) is 2.27. The van der Waals surface area contributed by atoms with E-state index in [1.165, 1.54) is 17.4 Å². The van der Waals surface area contributed by atoms with E-state index < -0.39 is 0 Å². The number of rotatable bonds is 3. The zero-order valence-electron chi connectivity index (χ0n) is 8.92. The number of nitrogens with one attached hydrogen (secondary N) is 1. The van der Waals surface area contributed by atoms with E-state index in [0.717, 1.165) is 11.1 Å². The molecule has 0 aliphatic carbocycles. The van der Waals surface area contributed by atoms with Crippen molar-refractivity contribution in [3.05, 3.63) is 35.0 Å². The Labute approximate surface area is 97.1 Å². The van der Waals surface area contributed by atoms with Gasteiger partial charge in [-0.3, -0.25) is 4.79 Å². The highest BCUT2D eigenvalue weighted by Crippen LogP contribution is 2.27. The first kappa shape index (κ1) is 11.1. The predicted molar refractivity (Wildman–Crippen MR) is 64.4 cm³/mol. The summed E-state index contributed by atoms with van der Waals surface area (Å²) in [6.07, 6.45) is 0.894. The van der Waals surface area contributed by atoms with Crippen molar-refractivity contribution < 1.29 is 9.18 Å². The van der Waals surface area contributed by atoms with Gasteiger partial charge >= 0.3 is 0 Å². The van der Waals surface area contributed by atoms with Crippen molar-refractivity contribution >= 4 is 27.3 Å². The number of fused-ring (bicyclic) bond motifs is 1. The Hall–Kier alpha value is -1.42. The maximum Gasteiger partial charge on any atom is 0.261 e. The lowest BCUT2D eigenvalue weighted by molar-refractivity contribution is 0.0958. The van der Waals surface area contributed by atoms with Crippen molar-refractivity contribution in [1.29, 1.82) is 0 Å². The van der Waals surface area contributed by atoms with E-state index in [0.29, 0.717) is 16.8 Å². The summed E-state index contributed by atoms with van der Waals surface area (Å²) < 4.78 is 14.2. The van der Waals surface area contributed by atoms with E-state index in [1.807, 2.05) is 13.0 Å². The van der Waals surface area contributed by atoms with Gasteiger partial charge in [-0.1, -0.05) is 13.0 Å². The number of benzene rings is 1. The largest absolute Gasteiger partial charge is 0.351 e. The van der Waals surface area contributed by atoms with Crippen molar-refractivity contribution in [2.75, 3.05) is 6.54 Å². The molecule has 1 amide bonds. The first-order valence-electron chi connectivity index (χ1n) is 5.18. The van der Waals surface area contributed by atoms with Crippen LogP contribution in [-0.2, 0) is 0 Å². The third-order valence-corrected chi connectivity index (χ3v) is 3.37. The molecule has 1 aromatic carbocycles. The Morgan fingerprint density at radius 2 is 2.31 bits per heavy atom. The number of thiophene rings is 1. The quantitative estimate of drug-likeness (QED) is 0.872. The summed E-state index contributed by atoms with van der Waals surface area (Å²) >= 11 is 1.32. The van der Waals surface area contributed by atoms with Crippen LogP contribution in [0.1, 0.15) is 23.0 Å². The van der Waals surface area contributed by atoms with Gasteiger partial charge in [0.05, 0.1) is 4.88 Å². The molecule has 0 saturated heterocycles. The normalized spacial score (nSPS) is 10.6. The SMILES string of the molecule is CCCNC(=O)c1cc2c(F)cccc2s1. The average Bonchev–Trinajstić information content (AvgIpc) is 2.71. The highest BCUT2D eigenvalue weighted by atomic mass is 32.1. The van der Waals surface area contributed by atoms with Crippen LogP contribution in [0, 0.1) is 5.82 Å². The molecular formula is C12H12FNOS. The lowest BCUT2D eigenvalue weighted by Gasteiger charge is -1.98. The number of halogens is 1. The predicted octanol–water partition coefficient (Wildman–Crippen LogP) is 3.18. The molecule has 1 aromatic heterocycles. The third kappa shape index (κ3) is 2.07. The topological polar surface area (TPSA) is 29.1 Å². The summed E-state index contributed by atoms with van der Waals surface area (Å²) in [4.78, 5) is 12.2. The summed E-state index contributed by atoms with van der Waals surface area (Å²) in [5.41, 5.74) is 0. The van der Waals surface area contributed by atoms with E-state index in [1.54, 1.807) is 12.1 Å². The van der Waals surface area contributed by atoms with Crippen LogP contribution < -0.4 is 5.32 Å². The van der Waals surface area contributed by atoms with Crippen LogP contribution in [0.4, 0.5) is 4.39 Å². The fraction of sp³-hybridized carbons (Fsp3) is 0.250. The van der Waals surface area contributed by atoms with Gasteiger partial charge in [0, 0.05) is 16.6 Å². The number of amides is 1. The van der Waals surface area contributed by atoms with E-state index in [9.17, 15) is 9.18 Å². The van der Waals surface area contributed by atoms with Crippen LogP contribution in [0.2, 0.25) is 0 Å². The average molecular weight is 237 g/mol. The van der Waals surface area contributed by atoms with Gasteiger partial charge in [0.25, 0.3) is 5.91 Å². The summed E-state index contributed by atoms with van der Waals surface area (Å²) in [6, 6.07) is 6.49. The van der Waals surface area contributed by atoms with Crippen LogP contribution >= 0.6 is 11.3 Å². The molecule has 0 aliphatic rings. The molecule has 4 heteroatoms. The lowest BCUT2D eigenvalue weighted by Crippen LogP contribution is -2.22. The summed E-state index contributed by atoms with van der Waals surface area (Å²) in [5, 5.41) is 3.30. The second-order valence-corrected chi connectivity index (χ2v) is 4.60. The molecule has 0 radical (unpaired) electrons. The van der Waals surface area contributed by atoms with Gasteiger partial charge in [0.15, 0.2) is 0 Å². The molecule has 2 rings (SSSR count). The van der Waals surface area contributed by atoms with E-state index in [-0.39, 0.29) is 11.7 Å². The summed E-state index contributed by atoms with van der Waals surface area (Å²) in [7, 11) is 0. The Bertz CT molecular complexity index is 521. The molecule has 84 valence electrons. The second-order valence-electron chi connectivity index (χ2n) is 3.52. The van der Waals surface area contributed by atoms with E-state index in [4.69, 9.17) is 0 Å². The zero-order valence-corrected chi connectivity index (χ0v) is 9.73. The summed E-state index contributed by atoms with van der Waals surface area (Å²) in [6.45, 7) is 2.64. The monoisotopic (exact) mass is 237 g/mol. The van der Waals surface area contributed by atoms with Crippen molar-refractivity contribution in [3.8, 4) is 0 Å². The Morgan fingerprint density at radius 1 is 1.50 bits per heavy atom. The molecule has 0 unspecified atom stereocenters. The van der Waals surface area contributed by atoms with Crippen LogP contribution in [0.3, 0.4) is 0 Å². The highest BCUT2D eigenvalue weighted by molar-refractivity contribution is 7.20. The number of carbonyl (C=O) groups is 1. The van der Waals surface area contributed by atoms with Crippen LogP contribution in [-0.4, -0.2) is 12.5 Å². The van der Waals surface area contributed by atoms with Crippen molar-refractivity contribution in [3.63, 3.8) is 0 Å². The second kappa shape index (κ2) is 4.61. The molecule has 0 saturated carbocycles. The molecule has 0 aliphatic heterocycles. The zero-order chi connectivity index (χ0) is 11.5. The number of hydrogen-bond donors (Lipinski definition) is 1.